The van der Waals surface area contributed by atoms with E-state index in [1.165, 1.54) is 36.0 Å². The third-order valence-corrected chi connectivity index (χ3v) is 4.60. The van der Waals surface area contributed by atoms with Gasteiger partial charge >= 0.3 is 6.61 Å². The molecule has 4 nitrogen and oxygen atoms in total. The number of amides is 1. The number of benzene rings is 2. The molecule has 120 valence electrons. The summed E-state index contributed by atoms with van der Waals surface area (Å²) >= 11 is 1.46. The summed E-state index contributed by atoms with van der Waals surface area (Å²) in [5.74, 6) is 0.492. The maximum Gasteiger partial charge on any atom is 0.387 e. The average molecular weight is 337 g/mol. The van der Waals surface area contributed by atoms with Crippen molar-refractivity contribution in [2.45, 2.75) is 12.0 Å². The summed E-state index contributed by atoms with van der Waals surface area (Å²) in [6.45, 7) is -2.86. The van der Waals surface area contributed by atoms with Crippen LogP contribution in [-0.4, -0.2) is 23.4 Å². The van der Waals surface area contributed by atoms with Gasteiger partial charge in [-0.05, 0) is 42.0 Å². The predicted octanol–water partition coefficient (Wildman–Crippen LogP) is 3.77. The van der Waals surface area contributed by atoms with Gasteiger partial charge in [-0.1, -0.05) is 12.1 Å². The zero-order valence-electron chi connectivity index (χ0n) is 11.9. The van der Waals surface area contributed by atoms with Crippen molar-refractivity contribution in [3.05, 3.63) is 54.1 Å². The topological polar surface area (TPSA) is 49.8 Å². The number of phenols is 1. The van der Waals surface area contributed by atoms with Gasteiger partial charge in [-0.15, -0.1) is 11.8 Å². The number of nitrogens with zero attached hydrogens (tertiary/aromatic N) is 1. The van der Waals surface area contributed by atoms with Crippen LogP contribution in [0.5, 0.6) is 11.5 Å². The van der Waals surface area contributed by atoms with E-state index in [2.05, 4.69) is 4.74 Å². The van der Waals surface area contributed by atoms with E-state index in [0.717, 1.165) is 5.56 Å². The lowest BCUT2D eigenvalue weighted by Gasteiger charge is -2.24. The Morgan fingerprint density at radius 2 is 1.78 bits per heavy atom. The zero-order chi connectivity index (χ0) is 16.4. The highest BCUT2D eigenvalue weighted by molar-refractivity contribution is 8.00. The molecule has 0 radical (unpaired) electrons. The smallest absolute Gasteiger partial charge is 0.387 e. The Balaban J connectivity index is 1.85. The number of hydrogen-bond donors (Lipinski definition) is 1. The monoisotopic (exact) mass is 337 g/mol. The standard InChI is InChI=1S/C16H13F2NO3S/c17-16(18)22-13-7-1-10(2-8-13)15-19(14(21)9-23-15)11-3-5-12(20)6-4-11/h1-8,15-16,20H,9H2. The van der Waals surface area contributed by atoms with E-state index in [9.17, 15) is 18.7 Å². The third-order valence-electron chi connectivity index (χ3n) is 3.39. The first kappa shape index (κ1) is 15.6. The number of alkyl halides is 2. The molecule has 1 N–H and O–H groups in total. The van der Waals surface area contributed by atoms with Crippen LogP contribution in [-0.2, 0) is 4.79 Å². The van der Waals surface area contributed by atoms with Gasteiger partial charge < -0.3 is 9.84 Å². The molecule has 0 aliphatic carbocycles. The van der Waals surface area contributed by atoms with E-state index >= 15 is 0 Å². The molecule has 3 rings (SSSR count). The molecule has 1 unspecified atom stereocenters. The quantitative estimate of drug-likeness (QED) is 0.923. The van der Waals surface area contributed by atoms with E-state index in [0.29, 0.717) is 11.4 Å². The molecular formula is C16H13F2NO3S. The van der Waals surface area contributed by atoms with Crippen molar-refractivity contribution < 1.29 is 23.4 Å². The average Bonchev–Trinajstić information content (AvgIpc) is 2.90. The number of ether oxygens (including phenoxy) is 1. The molecule has 2 aromatic carbocycles. The number of aromatic hydroxyl groups is 1. The molecule has 1 amide bonds. The van der Waals surface area contributed by atoms with Crippen LogP contribution < -0.4 is 9.64 Å². The molecule has 0 aromatic heterocycles. The van der Waals surface area contributed by atoms with Crippen molar-refractivity contribution in [1.82, 2.24) is 0 Å². The fourth-order valence-electron chi connectivity index (χ4n) is 2.38. The van der Waals surface area contributed by atoms with Gasteiger partial charge in [-0.2, -0.15) is 8.78 Å². The van der Waals surface area contributed by atoms with Gasteiger partial charge in [0.1, 0.15) is 16.9 Å². The first-order chi connectivity index (χ1) is 11.0. The molecule has 1 atom stereocenters. The summed E-state index contributed by atoms with van der Waals surface area (Å²) in [7, 11) is 0. The van der Waals surface area contributed by atoms with Gasteiger partial charge in [-0.25, -0.2) is 0 Å². The van der Waals surface area contributed by atoms with Crippen LogP contribution in [0.1, 0.15) is 10.9 Å². The van der Waals surface area contributed by atoms with Gasteiger partial charge in [0.25, 0.3) is 0 Å². The van der Waals surface area contributed by atoms with Crippen LogP contribution in [0.15, 0.2) is 48.5 Å². The van der Waals surface area contributed by atoms with Gasteiger partial charge in [0.05, 0.1) is 5.75 Å². The summed E-state index contributed by atoms with van der Waals surface area (Å²) in [5.41, 5.74) is 1.49. The van der Waals surface area contributed by atoms with Crippen molar-refractivity contribution in [3.8, 4) is 11.5 Å². The Labute approximate surface area is 135 Å². The van der Waals surface area contributed by atoms with Crippen molar-refractivity contribution in [1.29, 1.82) is 0 Å². The molecule has 1 saturated heterocycles. The Bertz CT molecular complexity index is 691. The molecule has 7 heteroatoms. The number of phenolic OH excluding ortho intramolecular Hbond substituents is 1. The normalized spacial score (nSPS) is 17.8. The minimum absolute atomic E-state index is 0.0430. The molecule has 1 heterocycles. The van der Waals surface area contributed by atoms with Crippen LogP contribution in [0, 0.1) is 0 Å². The Kier molecular flexibility index (Phi) is 4.38. The van der Waals surface area contributed by atoms with E-state index in [-0.39, 0.29) is 22.8 Å². The summed E-state index contributed by atoms with van der Waals surface area (Å²) in [5, 5.41) is 9.12. The summed E-state index contributed by atoms with van der Waals surface area (Å²) in [6.07, 6.45) is 0. The van der Waals surface area contributed by atoms with Crippen LogP contribution >= 0.6 is 11.8 Å². The molecule has 23 heavy (non-hydrogen) atoms. The van der Waals surface area contributed by atoms with Crippen molar-refractivity contribution in [3.63, 3.8) is 0 Å². The number of rotatable bonds is 4. The summed E-state index contributed by atoms with van der Waals surface area (Å²) in [4.78, 5) is 13.8. The van der Waals surface area contributed by atoms with Crippen LogP contribution in [0.25, 0.3) is 0 Å². The van der Waals surface area contributed by atoms with Gasteiger partial charge in [0.2, 0.25) is 5.91 Å². The first-order valence-corrected chi connectivity index (χ1v) is 7.87. The molecule has 1 fully saturated rings. The number of thioether (sulfide) groups is 1. The minimum Gasteiger partial charge on any atom is -0.508 e. The van der Waals surface area contributed by atoms with Crippen molar-refractivity contribution in [2.24, 2.45) is 0 Å². The number of anilines is 1. The number of carbonyl (C=O) groups excluding carboxylic acids is 1. The summed E-state index contributed by atoms with van der Waals surface area (Å²) < 4.78 is 28.7. The van der Waals surface area contributed by atoms with Crippen LogP contribution in [0.3, 0.4) is 0 Å². The lowest BCUT2D eigenvalue weighted by molar-refractivity contribution is -0.115. The molecule has 0 bridgehead atoms. The van der Waals surface area contributed by atoms with Gasteiger partial charge in [-0.3, -0.25) is 9.69 Å². The Morgan fingerprint density at radius 1 is 1.13 bits per heavy atom. The Morgan fingerprint density at radius 3 is 2.39 bits per heavy atom. The molecule has 0 saturated carbocycles. The molecule has 0 spiro atoms. The second-order valence-electron chi connectivity index (χ2n) is 4.89. The first-order valence-electron chi connectivity index (χ1n) is 6.82. The lowest BCUT2D eigenvalue weighted by atomic mass is 10.1. The van der Waals surface area contributed by atoms with Gasteiger partial charge in [0, 0.05) is 5.69 Å². The SMILES string of the molecule is O=C1CSC(c2ccc(OC(F)F)cc2)N1c1ccc(O)cc1. The largest absolute Gasteiger partial charge is 0.508 e. The van der Waals surface area contributed by atoms with Crippen molar-refractivity contribution >= 4 is 23.4 Å². The number of halogens is 2. The van der Waals surface area contributed by atoms with E-state index in [1.54, 1.807) is 29.2 Å². The molecule has 1 aliphatic rings. The third kappa shape index (κ3) is 3.39. The maximum absolute atomic E-state index is 12.2. The van der Waals surface area contributed by atoms with Crippen molar-refractivity contribution in [2.75, 3.05) is 10.7 Å². The van der Waals surface area contributed by atoms with E-state index < -0.39 is 6.61 Å². The molecular weight excluding hydrogens is 324 g/mol. The fourth-order valence-corrected chi connectivity index (χ4v) is 3.55. The number of hydrogen-bond acceptors (Lipinski definition) is 4. The lowest BCUT2D eigenvalue weighted by Crippen LogP contribution is -2.27. The zero-order valence-corrected chi connectivity index (χ0v) is 12.7. The van der Waals surface area contributed by atoms with E-state index in [4.69, 9.17) is 0 Å². The fraction of sp³-hybridized carbons (Fsp3) is 0.188. The molecule has 2 aromatic rings. The van der Waals surface area contributed by atoms with Crippen LogP contribution in [0.2, 0.25) is 0 Å². The second kappa shape index (κ2) is 6.45. The summed E-state index contributed by atoms with van der Waals surface area (Å²) in [6, 6.07) is 12.6. The number of carbonyl (C=O) groups is 1. The maximum atomic E-state index is 12.2. The predicted molar refractivity (Wildman–Crippen MR) is 83.9 cm³/mol. The minimum atomic E-state index is -2.86. The van der Waals surface area contributed by atoms with Gasteiger partial charge in [0.15, 0.2) is 0 Å². The van der Waals surface area contributed by atoms with Crippen LogP contribution in [0.4, 0.5) is 14.5 Å². The highest BCUT2D eigenvalue weighted by atomic mass is 32.2. The highest BCUT2D eigenvalue weighted by Gasteiger charge is 2.34. The van der Waals surface area contributed by atoms with E-state index in [1.807, 2.05) is 0 Å². The second-order valence-corrected chi connectivity index (χ2v) is 5.96. The molecule has 1 aliphatic heterocycles. The Hall–Kier alpha value is -2.28. The highest BCUT2D eigenvalue weighted by Crippen LogP contribution is 2.42.